The molecule has 9 atom stereocenters. The van der Waals surface area contributed by atoms with Crippen LogP contribution in [0.3, 0.4) is 0 Å². The number of fused-ring (bicyclic) bond motifs is 6. The zero-order valence-electron chi connectivity index (χ0n) is 18.6. The Kier molecular flexibility index (Phi) is 6.21. The molecule has 0 saturated carbocycles. The quantitative estimate of drug-likeness (QED) is 0.355. The van der Waals surface area contributed by atoms with E-state index in [-0.39, 0.29) is 12.1 Å². The van der Waals surface area contributed by atoms with Crippen molar-refractivity contribution in [3.63, 3.8) is 0 Å². The number of halogens is 1. The van der Waals surface area contributed by atoms with Gasteiger partial charge in [0.25, 0.3) is 0 Å². The molecule has 6 aliphatic rings. The van der Waals surface area contributed by atoms with Crippen molar-refractivity contribution in [1.29, 1.82) is 0 Å². The van der Waals surface area contributed by atoms with Crippen LogP contribution in [0.5, 0.6) is 0 Å². The second-order valence-corrected chi connectivity index (χ2v) is 10.6. The molecule has 9 heteroatoms. The lowest BCUT2D eigenvalue weighted by molar-refractivity contribution is -0.0934. The summed E-state index contributed by atoms with van der Waals surface area (Å²) in [6.07, 6.45) is 6.69. The summed E-state index contributed by atoms with van der Waals surface area (Å²) >= 11 is 0. The molecular formula is C22H40FN7O. The number of nitrogens with one attached hydrogen (secondary N) is 5. The molecule has 0 aliphatic carbocycles. The molecule has 6 saturated heterocycles. The fourth-order valence-electron chi connectivity index (χ4n) is 7.11. The normalized spacial score (nSPS) is 49.6. The van der Waals surface area contributed by atoms with Gasteiger partial charge in [0, 0.05) is 50.0 Å². The maximum absolute atomic E-state index is 14.5. The average Bonchev–Trinajstić information content (AvgIpc) is 3.43. The molecule has 0 spiro atoms. The molecular weight excluding hydrogens is 397 g/mol. The van der Waals surface area contributed by atoms with Crippen LogP contribution in [0.25, 0.3) is 0 Å². The summed E-state index contributed by atoms with van der Waals surface area (Å²) < 4.78 is 21.1. The van der Waals surface area contributed by atoms with Crippen molar-refractivity contribution in [2.24, 2.45) is 17.8 Å². The maximum atomic E-state index is 14.5. The predicted molar refractivity (Wildman–Crippen MR) is 117 cm³/mol. The minimum Gasteiger partial charge on any atom is -0.363 e. The molecule has 0 aromatic carbocycles. The van der Waals surface area contributed by atoms with Gasteiger partial charge in [-0.1, -0.05) is 0 Å². The van der Waals surface area contributed by atoms with Gasteiger partial charge in [-0.05, 0) is 51.6 Å². The molecule has 8 unspecified atom stereocenters. The number of hydrogen-bond donors (Lipinski definition) is 5. The van der Waals surface area contributed by atoms with Crippen molar-refractivity contribution in [3.05, 3.63) is 0 Å². The average molecular weight is 438 g/mol. The molecule has 6 fully saturated rings. The van der Waals surface area contributed by atoms with Gasteiger partial charge in [-0.25, -0.2) is 9.40 Å². The van der Waals surface area contributed by atoms with Crippen molar-refractivity contribution < 1.29 is 9.13 Å². The first kappa shape index (κ1) is 21.2. The molecule has 6 heterocycles. The van der Waals surface area contributed by atoms with E-state index in [2.05, 4.69) is 36.6 Å². The Balaban J connectivity index is 1.28. The molecule has 0 aromatic heterocycles. The SMILES string of the molecule is FC1CNC2OCC3CCCNC3NCC3CNN4CCC(NC34)N3CCC[C@@H]3C2C1. The van der Waals surface area contributed by atoms with Gasteiger partial charge < -0.3 is 15.4 Å². The first-order valence-corrected chi connectivity index (χ1v) is 12.7. The summed E-state index contributed by atoms with van der Waals surface area (Å²) in [5.41, 5.74) is 3.63. The predicted octanol–water partition coefficient (Wildman–Crippen LogP) is -0.248. The number of hydrogen-bond acceptors (Lipinski definition) is 8. The second kappa shape index (κ2) is 9.10. The van der Waals surface area contributed by atoms with E-state index in [0.29, 0.717) is 49.3 Å². The third kappa shape index (κ3) is 4.17. The minimum absolute atomic E-state index is 0.0379. The van der Waals surface area contributed by atoms with Crippen molar-refractivity contribution in [2.45, 2.75) is 75.5 Å². The van der Waals surface area contributed by atoms with Crippen molar-refractivity contribution in [3.8, 4) is 0 Å². The van der Waals surface area contributed by atoms with E-state index in [0.717, 1.165) is 52.2 Å². The largest absolute Gasteiger partial charge is 0.363 e. The summed E-state index contributed by atoms with van der Waals surface area (Å²) in [6, 6.07) is 0.397. The van der Waals surface area contributed by atoms with Gasteiger partial charge in [0.05, 0.1) is 25.1 Å². The smallest absolute Gasteiger partial charge is 0.113 e. The van der Waals surface area contributed by atoms with E-state index in [1.54, 1.807) is 0 Å². The highest BCUT2D eigenvalue weighted by Gasteiger charge is 2.47. The third-order valence-corrected chi connectivity index (χ3v) is 8.72. The lowest BCUT2D eigenvalue weighted by Gasteiger charge is -2.47. The van der Waals surface area contributed by atoms with E-state index < -0.39 is 6.17 Å². The van der Waals surface area contributed by atoms with Crippen LogP contribution in [0, 0.1) is 17.8 Å². The topological polar surface area (TPSA) is 75.9 Å². The zero-order valence-corrected chi connectivity index (χ0v) is 18.6. The highest BCUT2D eigenvalue weighted by molar-refractivity contribution is 4.99. The van der Waals surface area contributed by atoms with Crippen LogP contribution in [0.1, 0.15) is 38.5 Å². The molecule has 6 aliphatic heterocycles. The molecule has 0 radical (unpaired) electrons. The maximum Gasteiger partial charge on any atom is 0.113 e. The first-order chi connectivity index (χ1) is 15.3. The Morgan fingerprint density at radius 3 is 2.84 bits per heavy atom. The van der Waals surface area contributed by atoms with Gasteiger partial charge >= 0.3 is 0 Å². The molecule has 5 N–H and O–H groups in total. The molecule has 176 valence electrons. The van der Waals surface area contributed by atoms with Gasteiger partial charge in [-0.3, -0.25) is 21.0 Å². The lowest BCUT2D eigenvalue weighted by atomic mass is 9.86. The molecule has 2 bridgehead atoms. The van der Waals surface area contributed by atoms with Gasteiger partial charge in [-0.15, -0.1) is 0 Å². The lowest BCUT2D eigenvalue weighted by Crippen LogP contribution is -2.65. The fraction of sp³-hybridized carbons (Fsp3) is 1.00. The molecule has 0 aromatic rings. The Hall–Kier alpha value is -0.390. The van der Waals surface area contributed by atoms with Crippen molar-refractivity contribution in [1.82, 2.24) is 36.6 Å². The second-order valence-electron chi connectivity index (χ2n) is 10.6. The molecule has 0 amide bonds. The first-order valence-electron chi connectivity index (χ1n) is 12.7. The van der Waals surface area contributed by atoms with Crippen LogP contribution in [-0.2, 0) is 4.74 Å². The van der Waals surface area contributed by atoms with Gasteiger partial charge in [-0.2, -0.15) is 0 Å². The van der Waals surface area contributed by atoms with E-state index in [1.165, 1.54) is 19.3 Å². The van der Waals surface area contributed by atoms with Crippen LogP contribution < -0.4 is 26.7 Å². The summed E-state index contributed by atoms with van der Waals surface area (Å²) in [5.74, 6) is 1.21. The van der Waals surface area contributed by atoms with Crippen LogP contribution >= 0.6 is 0 Å². The van der Waals surface area contributed by atoms with Crippen LogP contribution in [0.15, 0.2) is 0 Å². The van der Waals surface area contributed by atoms with E-state index in [4.69, 9.17) is 4.74 Å². The van der Waals surface area contributed by atoms with Crippen LogP contribution in [0.4, 0.5) is 4.39 Å². The Morgan fingerprint density at radius 2 is 1.87 bits per heavy atom. The highest BCUT2D eigenvalue weighted by atomic mass is 19.1. The number of alkyl halides is 1. The summed E-state index contributed by atoms with van der Waals surface area (Å²) in [7, 11) is 0. The van der Waals surface area contributed by atoms with Crippen LogP contribution in [0.2, 0.25) is 0 Å². The van der Waals surface area contributed by atoms with Crippen molar-refractivity contribution >= 4 is 0 Å². The van der Waals surface area contributed by atoms with Gasteiger partial charge in [0.15, 0.2) is 0 Å². The standard InChI is InChI=1S/C22H40FN7O/c23-16-9-17-18-4-2-7-29(18)19-5-8-30-21(28-19)15(11-27-30)10-25-20-14(3-1-6-24-20)13-31-22(17)26-12-16/h14-22,24-28H,1-13H2/t14?,15?,16?,17?,18-,19?,20?,21?,22?/m1/s1. The Bertz CT molecular complexity index is 629. The summed E-state index contributed by atoms with van der Waals surface area (Å²) in [5, 5.41) is 17.4. The summed E-state index contributed by atoms with van der Waals surface area (Å²) in [6.45, 7) is 6.43. The molecule has 8 nitrogen and oxygen atoms in total. The number of rotatable bonds is 0. The fourth-order valence-corrected chi connectivity index (χ4v) is 7.11. The number of ether oxygens (including phenoxy) is 1. The third-order valence-electron chi connectivity index (χ3n) is 8.72. The van der Waals surface area contributed by atoms with Gasteiger partial charge in [0.1, 0.15) is 12.4 Å². The number of piperidine rings is 2. The van der Waals surface area contributed by atoms with Gasteiger partial charge in [0.2, 0.25) is 0 Å². The van der Waals surface area contributed by atoms with E-state index >= 15 is 0 Å². The van der Waals surface area contributed by atoms with E-state index in [1.807, 2.05) is 0 Å². The highest BCUT2D eigenvalue weighted by Crippen LogP contribution is 2.36. The Morgan fingerprint density at radius 1 is 0.903 bits per heavy atom. The Labute approximate surface area is 185 Å². The minimum atomic E-state index is -0.768. The van der Waals surface area contributed by atoms with Crippen molar-refractivity contribution in [2.75, 3.05) is 45.9 Å². The van der Waals surface area contributed by atoms with Crippen LogP contribution in [-0.4, -0.2) is 92.7 Å². The zero-order chi connectivity index (χ0) is 20.8. The van der Waals surface area contributed by atoms with E-state index in [9.17, 15) is 4.39 Å². The molecule has 6 rings (SSSR count). The number of hydrazine groups is 1. The molecule has 31 heavy (non-hydrogen) atoms. The monoisotopic (exact) mass is 437 g/mol. The summed E-state index contributed by atoms with van der Waals surface area (Å²) in [4.78, 5) is 2.66. The number of nitrogens with zero attached hydrogens (tertiary/aromatic N) is 2.